The van der Waals surface area contributed by atoms with E-state index in [2.05, 4.69) is 10.7 Å². The van der Waals surface area contributed by atoms with Crippen LogP contribution in [0, 0.1) is 12.3 Å². The highest BCUT2D eigenvalue weighted by atomic mass is 16.6. The molecule has 1 saturated heterocycles. The summed E-state index contributed by atoms with van der Waals surface area (Å²) in [5.74, 6) is 0.951. The summed E-state index contributed by atoms with van der Waals surface area (Å²) in [7, 11) is 0. The maximum absolute atomic E-state index is 11.3. The summed E-state index contributed by atoms with van der Waals surface area (Å²) in [6.07, 6.45) is 5.39. The van der Waals surface area contributed by atoms with Crippen LogP contribution in [0.1, 0.15) is 23.5 Å². The fourth-order valence-electron chi connectivity index (χ4n) is 1.64. The number of ether oxygens (including phenoxy) is 1. The van der Waals surface area contributed by atoms with Crippen LogP contribution in [-0.4, -0.2) is 11.9 Å². The molecule has 1 fully saturated rings. The third-order valence-corrected chi connectivity index (χ3v) is 2.36. The molecule has 0 radical (unpaired) electrons. The molecule has 1 heterocycles. The van der Waals surface area contributed by atoms with Gasteiger partial charge in [-0.1, -0.05) is 24.1 Å². The Bertz CT molecular complexity index is 468. The summed E-state index contributed by atoms with van der Waals surface area (Å²) in [5.41, 5.74) is 1.32. The zero-order valence-electron chi connectivity index (χ0n) is 7.90. The van der Waals surface area contributed by atoms with Crippen LogP contribution in [0.4, 0.5) is 0 Å². The number of terminal acetylenes is 1. The molecule has 0 amide bonds. The Hall–Kier alpha value is -2.08. The lowest BCUT2D eigenvalue weighted by molar-refractivity contribution is -0.152. The quantitative estimate of drug-likeness (QED) is 0.389. The van der Waals surface area contributed by atoms with Crippen molar-refractivity contribution in [3.63, 3.8) is 0 Å². The highest BCUT2D eigenvalue weighted by Gasteiger charge is 2.35. The van der Waals surface area contributed by atoms with Crippen molar-refractivity contribution in [2.45, 2.75) is 12.3 Å². The number of hydrogen-bond donors (Lipinski definition) is 0. The molecule has 0 spiro atoms. The molecule has 1 aromatic rings. The van der Waals surface area contributed by atoms with E-state index >= 15 is 0 Å². The molecule has 2 rings (SSSR count). The van der Waals surface area contributed by atoms with E-state index in [0.717, 1.165) is 0 Å². The molecule has 0 N–H and O–H groups in total. The Morgan fingerprint density at radius 3 is 2.67 bits per heavy atom. The van der Waals surface area contributed by atoms with Crippen LogP contribution in [-0.2, 0) is 14.3 Å². The predicted octanol–water partition coefficient (Wildman–Crippen LogP) is 1.23. The van der Waals surface area contributed by atoms with Crippen LogP contribution in [0.3, 0.4) is 0 Å². The first-order chi connectivity index (χ1) is 7.22. The minimum Gasteiger partial charge on any atom is -0.393 e. The lowest BCUT2D eigenvalue weighted by Gasteiger charge is -2.06. The molecule has 3 heteroatoms. The summed E-state index contributed by atoms with van der Waals surface area (Å²) in [5, 5.41) is 0. The van der Waals surface area contributed by atoms with E-state index in [-0.39, 0.29) is 6.42 Å². The van der Waals surface area contributed by atoms with Crippen LogP contribution >= 0.6 is 0 Å². The van der Waals surface area contributed by atoms with Crippen LogP contribution in [0.5, 0.6) is 0 Å². The largest absolute Gasteiger partial charge is 0.393 e. The summed E-state index contributed by atoms with van der Waals surface area (Å²) in [4.78, 5) is 22.3. The van der Waals surface area contributed by atoms with Gasteiger partial charge in [-0.25, -0.2) is 0 Å². The summed E-state index contributed by atoms with van der Waals surface area (Å²) in [6, 6.07) is 7.07. The van der Waals surface area contributed by atoms with E-state index < -0.39 is 17.9 Å². The third kappa shape index (κ3) is 1.62. The Kier molecular flexibility index (Phi) is 2.26. The average molecular weight is 200 g/mol. The number of carbonyl (C=O) groups excluding carboxylic acids is 2. The standard InChI is InChI=1S/C12H8O3/c1-2-8-5-3-4-6-9(8)10-7-11(13)15-12(10)14/h1,3-6,10H,7H2. The van der Waals surface area contributed by atoms with Crippen molar-refractivity contribution < 1.29 is 14.3 Å². The molecule has 1 aromatic carbocycles. The first kappa shape index (κ1) is 9.47. The van der Waals surface area contributed by atoms with Gasteiger partial charge in [0.05, 0.1) is 12.3 Å². The van der Waals surface area contributed by atoms with Gasteiger partial charge >= 0.3 is 11.9 Å². The number of cyclic esters (lactones) is 2. The Morgan fingerprint density at radius 1 is 1.33 bits per heavy atom. The third-order valence-electron chi connectivity index (χ3n) is 2.36. The monoisotopic (exact) mass is 200 g/mol. The summed E-state index contributed by atoms with van der Waals surface area (Å²) in [6.45, 7) is 0. The topological polar surface area (TPSA) is 43.4 Å². The second kappa shape index (κ2) is 3.58. The predicted molar refractivity (Wildman–Crippen MR) is 52.8 cm³/mol. The maximum Gasteiger partial charge on any atom is 0.321 e. The zero-order chi connectivity index (χ0) is 10.8. The van der Waals surface area contributed by atoms with Gasteiger partial charge in [0, 0.05) is 5.56 Å². The van der Waals surface area contributed by atoms with Crippen molar-refractivity contribution in [1.29, 1.82) is 0 Å². The number of hydrogen-bond acceptors (Lipinski definition) is 3. The van der Waals surface area contributed by atoms with Crippen molar-refractivity contribution in [2.75, 3.05) is 0 Å². The molecule has 0 saturated carbocycles. The van der Waals surface area contributed by atoms with Gasteiger partial charge in [-0.05, 0) is 11.6 Å². The van der Waals surface area contributed by atoms with Gasteiger partial charge in [-0.2, -0.15) is 0 Å². The number of carbonyl (C=O) groups is 2. The van der Waals surface area contributed by atoms with Crippen LogP contribution < -0.4 is 0 Å². The van der Waals surface area contributed by atoms with E-state index in [1.165, 1.54) is 0 Å². The molecule has 0 aromatic heterocycles. The molecule has 0 aliphatic carbocycles. The fourth-order valence-corrected chi connectivity index (χ4v) is 1.64. The van der Waals surface area contributed by atoms with Gasteiger partial charge < -0.3 is 4.74 Å². The van der Waals surface area contributed by atoms with Gasteiger partial charge in [0.1, 0.15) is 0 Å². The van der Waals surface area contributed by atoms with E-state index in [0.29, 0.717) is 11.1 Å². The molecular weight excluding hydrogens is 192 g/mol. The van der Waals surface area contributed by atoms with Crippen molar-refractivity contribution in [3.8, 4) is 12.3 Å². The molecule has 74 valence electrons. The number of rotatable bonds is 1. The molecule has 15 heavy (non-hydrogen) atoms. The molecule has 1 aliphatic rings. The minimum atomic E-state index is -0.537. The smallest absolute Gasteiger partial charge is 0.321 e. The van der Waals surface area contributed by atoms with Crippen LogP contribution in [0.2, 0.25) is 0 Å². The van der Waals surface area contributed by atoms with Crippen molar-refractivity contribution in [1.82, 2.24) is 0 Å². The number of benzene rings is 1. The van der Waals surface area contributed by atoms with E-state index in [9.17, 15) is 9.59 Å². The first-order valence-corrected chi connectivity index (χ1v) is 4.52. The molecule has 1 atom stereocenters. The SMILES string of the molecule is C#Cc1ccccc1C1CC(=O)OC1=O. The minimum absolute atomic E-state index is 0.0809. The average Bonchev–Trinajstić information content (AvgIpc) is 2.57. The second-order valence-corrected chi connectivity index (χ2v) is 3.28. The Balaban J connectivity index is 2.42. The molecule has 1 aliphatic heterocycles. The van der Waals surface area contributed by atoms with E-state index in [4.69, 9.17) is 6.42 Å². The first-order valence-electron chi connectivity index (χ1n) is 4.52. The van der Waals surface area contributed by atoms with Gasteiger partial charge in [-0.15, -0.1) is 6.42 Å². The Labute approximate surface area is 87.1 Å². The summed E-state index contributed by atoms with van der Waals surface area (Å²) < 4.78 is 4.48. The highest BCUT2D eigenvalue weighted by Crippen LogP contribution is 2.29. The second-order valence-electron chi connectivity index (χ2n) is 3.28. The van der Waals surface area contributed by atoms with Gasteiger partial charge in [-0.3, -0.25) is 9.59 Å². The fraction of sp³-hybridized carbons (Fsp3) is 0.167. The number of esters is 2. The molecule has 3 nitrogen and oxygen atoms in total. The van der Waals surface area contributed by atoms with Crippen LogP contribution in [0.25, 0.3) is 0 Å². The maximum atomic E-state index is 11.3. The van der Waals surface area contributed by atoms with Crippen molar-refractivity contribution >= 4 is 11.9 Å². The lowest BCUT2D eigenvalue weighted by atomic mass is 9.93. The van der Waals surface area contributed by atoms with E-state index in [1.54, 1.807) is 24.3 Å². The Morgan fingerprint density at radius 2 is 2.07 bits per heavy atom. The van der Waals surface area contributed by atoms with E-state index in [1.807, 2.05) is 0 Å². The zero-order valence-corrected chi connectivity index (χ0v) is 7.90. The van der Waals surface area contributed by atoms with Gasteiger partial charge in [0.2, 0.25) is 0 Å². The van der Waals surface area contributed by atoms with Crippen LogP contribution in [0.15, 0.2) is 24.3 Å². The van der Waals surface area contributed by atoms with Crippen molar-refractivity contribution in [2.24, 2.45) is 0 Å². The van der Waals surface area contributed by atoms with Crippen molar-refractivity contribution in [3.05, 3.63) is 35.4 Å². The highest BCUT2D eigenvalue weighted by molar-refractivity contribution is 5.98. The summed E-state index contributed by atoms with van der Waals surface area (Å²) >= 11 is 0. The lowest BCUT2D eigenvalue weighted by Crippen LogP contribution is -2.07. The van der Waals surface area contributed by atoms with Gasteiger partial charge in [0.25, 0.3) is 0 Å². The molecule has 1 unspecified atom stereocenters. The molecular formula is C12H8O3. The normalized spacial score (nSPS) is 19.8. The molecule has 0 bridgehead atoms. The van der Waals surface area contributed by atoms with Gasteiger partial charge in [0.15, 0.2) is 0 Å².